The van der Waals surface area contributed by atoms with Gasteiger partial charge in [-0.3, -0.25) is 4.79 Å². The molecule has 1 N–H and O–H groups in total. The Hall–Kier alpha value is -1.05. The van der Waals surface area contributed by atoms with E-state index in [1.165, 1.54) is 5.57 Å². The lowest BCUT2D eigenvalue weighted by Crippen LogP contribution is -2.25. The van der Waals surface area contributed by atoms with Crippen LogP contribution in [0.1, 0.15) is 26.7 Å². The van der Waals surface area contributed by atoms with Gasteiger partial charge in [0.2, 0.25) is 5.91 Å². The second kappa shape index (κ2) is 4.10. The molecule has 12 heavy (non-hydrogen) atoms. The Morgan fingerprint density at radius 1 is 1.58 bits per heavy atom. The van der Waals surface area contributed by atoms with Gasteiger partial charge in [0, 0.05) is 12.1 Å². The fraction of sp³-hybridized carbons (Fsp3) is 0.500. The lowest BCUT2D eigenvalue weighted by atomic mass is 10.1. The fourth-order valence-electron chi connectivity index (χ4n) is 1.17. The second-order valence-corrected chi connectivity index (χ2v) is 3.14. The van der Waals surface area contributed by atoms with Gasteiger partial charge in [-0.05, 0) is 19.8 Å². The molecule has 0 atom stereocenters. The van der Waals surface area contributed by atoms with Crippen LogP contribution in [0.15, 0.2) is 23.3 Å². The zero-order valence-electron chi connectivity index (χ0n) is 7.68. The average Bonchev–Trinajstić information content (AvgIpc) is 2.47. The van der Waals surface area contributed by atoms with Crippen LogP contribution in [-0.4, -0.2) is 12.5 Å². The summed E-state index contributed by atoms with van der Waals surface area (Å²) in [4.78, 5) is 11.3. The number of amides is 1. The van der Waals surface area contributed by atoms with Gasteiger partial charge in [0.25, 0.3) is 0 Å². The third kappa shape index (κ3) is 2.22. The van der Waals surface area contributed by atoms with Crippen LogP contribution in [0.5, 0.6) is 0 Å². The first-order valence-electron chi connectivity index (χ1n) is 4.38. The Kier molecular flexibility index (Phi) is 3.09. The Morgan fingerprint density at radius 2 is 2.33 bits per heavy atom. The zero-order chi connectivity index (χ0) is 8.97. The van der Waals surface area contributed by atoms with Crippen molar-refractivity contribution in [3.05, 3.63) is 23.3 Å². The maximum Gasteiger partial charge on any atom is 0.247 e. The van der Waals surface area contributed by atoms with Crippen molar-refractivity contribution in [1.82, 2.24) is 5.32 Å². The predicted molar refractivity (Wildman–Crippen MR) is 49.8 cm³/mol. The van der Waals surface area contributed by atoms with Crippen molar-refractivity contribution in [2.45, 2.75) is 26.7 Å². The van der Waals surface area contributed by atoms with Crippen molar-refractivity contribution in [3.8, 4) is 0 Å². The van der Waals surface area contributed by atoms with Gasteiger partial charge >= 0.3 is 0 Å². The lowest BCUT2D eigenvalue weighted by Gasteiger charge is -2.03. The van der Waals surface area contributed by atoms with E-state index in [4.69, 9.17) is 0 Å². The number of hydrogen-bond donors (Lipinski definition) is 1. The SMILES string of the molecule is CCCNC(=O)C1=CC=C(C)C1. The minimum atomic E-state index is 0.0879. The summed E-state index contributed by atoms with van der Waals surface area (Å²) in [5, 5.41) is 2.85. The summed E-state index contributed by atoms with van der Waals surface area (Å²) >= 11 is 0. The van der Waals surface area contributed by atoms with Gasteiger partial charge in [-0.25, -0.2) is 0 Å². The van der Waals surface area contributed by atoms with Crippen molar-refractivity contribution < 1.29 is 4.79 Å². The minimum Gasteiger partial charge on any atom is -0.352 e. The molecule has 0 radical (unpaired) electrons. The molecule has 0 fully saturated rings. The Labute approximate surface area is 73.4 Å². The number of carbonyl (C=O) groups is 1. The molecule has 0 heterocycles. The van der Waals surface area contributed by atoms with E-state index >= 15 is 0 Å². The first-order chi connectivity index (χ1) is 5.74. The van der Waals surface area contributed by atoms with Gasteiger partial charge in [-0.2, -0.15) is 0 Å². The van der Waals surface area contributed by atoms with E-state index in [0.29, 0.717) is 0 Å². The van der Waals surface area contributed by atoms with Crippen molar-refractivity contribution in [2.24, 2.45) is 0 Å². The smallest absolute Gasteiger partial charge is 0.247 e. The van der Waals surface area contributed by atoms with Gasteiger partial charge in [-0.1, -0.05) is 24.6 Å². The third-order valence-electron chi connectivity index (χ3n) is 1.87. The van der Waals surface area contributed by atoms with Gasteiger partial charge in [0.15, 0.2) is 0 Å². The van der Waals surface area contributed by atoms with Crippen molar-refractivity contribution in [3.63, 3.8) is 0 Å². The highest BCUT2D eigenvalue weighted by Crippen LogP contribution is 2.17. The van der Waals surface area contributed by atoms with E-state index in [9.17, 15) is 4.79 Å². The van der Waals surface area contributed by atoms with Gasteiger partial charge < -0.3 is 5.32 Å². The van der Waals surface area contributed by atoms with Gasteiger partial charge in [0.05, 0.1) is 0 Å². The molecule has 2 nitrogen and oxygen atoms in total. The Balaban J connectivity index is 2.36. The van der Waals surface area contributed by atoms with Crippen LogP contribution in [0, 0.1) is 0 Å². The Bertz CT molecular complexity index is 238. The molecule has 1 rings (SSSR count). The van der Waals surface area contributed by atoms with Crippen molar-refractivity contribution in [2.75, 3.05) is 6.54 Å². The monoisotopic (exact) mass is 165 g/mol. The van der Waals surface area contributed by atoms with Crippen LogP contribution < -0.4 is 5.32 Å². The number of carbonyl (C=O) groups excluding carboxylic acids is 1. The number of nitrogens with one attached hydrogen (secondary N) is 1. The van der Waals surface area contributed by atoms with E-state index in [2.05, 4.69) is 5.32 Å². The highest BCUT2D eigenvalue weighted by Gasteiger charge is 2.11. The fourth-order valence-corrected chi connectivity index (χ4v) is 1.17. The molecule has 0 aromatic rings. The molecule has 0 aliphatic heterocycles. The molecule has 0 bridgehead atoms. The first-order valence-corrected chi connectivity index (χ1v) is 4.38. The Morgan fingerprint density at radius 3 is 2.83 bits per heavy atom. The summed E-state index contributed by atoms with van der Waals surface area (Å²) in [6.07, 6.45) is 5.71. The maximum atomic E-state index is 11.3. The van der Waals surface area contributed by atoms with Crippen molar-refractivity contribution >= 4 is 5.91 Å². The molecule has 1 aliphatic carbocycles. The summed E-state index contributed by atoms with van der Waals surface area (Å²) in [6.45, 7) is 4.86. The average molecular weight is 165 g/mol. The molecule has 0 unspecified atom stereocenters. The van der Waals surface area contributed by atoms with E-state index in [1.54, 1.807) is 0 Å². The number of rotatable bonds is 3. The number of allylic oxidation sites excluding steroid dienone is 3. The third-order valence-corrected chi connectivity index (χ3v) is 1.87. The normalized spacial score (nSPS) is 15.5. The van der Waals surface area contributed by atoms with Crippen LogP contribution in [0.3, 0.4) is 0 Å². The van der Waals surface area contributed by atoms with Gasteiger partial charge in [0.1, 0.15) is 0 Å². The molecular weight excluding hydrogens is 150 g/mol. The molecule has 1 aliphatic rings. The standard InChI is InChI=1S/C10H15NO/c1-3-6-11-10(12)9-5-4-8(2)7-9/h4-5H,3,6-7H2,1-2H3,(H,11,12). The summed E-state index contributed by atoms with van der Waals surface area (Å²) in [5.74, 6) is 0.0879. The zero-order valence-corrected chi connectivity index (χ0v) is 7.68. The van der Waals surface area contributed by atoms with E-state index in [1.807, 2.05) is 26.0 Å². The van der Waals surface area contributed by atoms with Crippen molar-refractivity contribution in [1.29, 1.82) is 0 Å². The molecule has 1 amide bonds. The van der Waals surface area contributed by atoms with Crippen LogP contribution in [0.4, 0.5) is 0 Å². The topological polar surface area (TPSA) is 29.1 Å². The summed E-state index contributed by atoms with van der Waals surface area (Å²) in [6, 6.07) is 0. The first kappa shape index (κ1) is 9.04. The highest BCUT2D eigenvalue weighted by molar-refractivity contribution is 5.94. The summed E-state index contributed by atoms with van der Waals surface area (Å²) < 4.78 is 0. The van der Waals surface area contributed by atoms with Crippen LogP contribution >= 0.6 is 0 Å². The predicted octanol–water partition coefficient (Wildman–Crippen LogP) is 1.79. The molecule has 66 valence electrons. The van der Waals surface area contributed by atoms with Crippen LogP contribution in [0.25, 0.3) is 0 Å². The highest BCUT2D eigenvalue weighted by atomic mass is 16.1. The molecule has 2 heteroatoms. The summed E-state index contributed by atoms with van der Waals surface area (Å²) in [7, 11) is 0. The van der Waals surface area contributed by atoms with E-state index in [-0.39, 0.29) is 5.91 Å². The van der Waals surface area contributed by atoms with Gasteiger partial charge in [-0.15, -0.1) is 0 Å². The van der Waals surface area contributed by atoms with Crippen LogP contribution in [-0.2, 0) is 4.79 Å². The molecule has 0 spiro atoms. The summed E-state index contributed by atoms with van der Waals surface area (Å²) in [5.41, 5.74) is 2.15. The molecule has 0 saturated heterocycles. The molecule has 0 saturated carbocycles. The van der Waals surface area contributed by atoms with Crippen LogP contribution in [0.2, 0.25) is 0 Å². The van der Waals surface area contributed by atoms with E-state index in [0.717, 1.165) is 25.0 Å². The molecule has 0 aromatic carbocycles. The largest absolute Gasteiger partial charge is 0.352 e. The second-order valence-electron chi connectivity index (χ2n) is 3.14. The minimum absolute atomic E-state index is 0.0879. The lowest BCUT2D eigenvalue weighted by molar-refractivity contribution is -0.117. The maximum absolute atomic E-state index is 11.3. The number of hydrogen-bond acceptors (Lipinski definition) is 1. The quantitative estimate of drug-likeness (QED) is 0.678. The van der Waals surface area contributed by atoms with E-state index < -0.39 is 0 Å². The molecule has 0 aromatic heterocycles. The molecular formula is C10H15NO.